The topological polar surface area (TPSA) is 55.4 Å². The number of carbonyl (C=O) groups is 2. The molecular weight excluding hydrogens is 381 g/mol. The molecule has 0 saturated heterocycles. The number of hydrogen-bond donors (Lipinski definition) is 1. The molecule has 1 aromatic heterocycles. The Kier molecular flexibility index (Phi) is 5.67. The van der Waals surface area contributed by atoms with Gasteiger partial charge in [-0.05, 0) is 62.4 Å². The van der Waals surface area contributed by atoms with Crippen LogP contribution in [-0.2, 0) is 22.4 Å². The Hall–Kier alpha value is -1.56. The number of carbonyl (C=O) groups excluding carboxylic acids is 2. The summed E-state index contributed by atoms with van der Waals surface area (Å²) < 4.78 is 5.30. The molecule has 0 bridgehead atoms. The van der Waals surface area contributed by atoms with Gasteiger partial charge in [0.1, 0.15) is 4.88 Å². The highest BCUT2D eigenvalue weighted by atomic mass is 35.5. The maximum absolute atomic E-state index is 12.3. The van der Waals surface area contributed by atoms with Gasteiger partial charge in [0.05, 0.1) is 0 Å². The van der Waals surface area contributed by atoms with Gasteiger partial charge in [-0.3, -0.25) is 4.79 Å². The number of amides is 1. The van der Waals surface area contributed by atoms with Gasteiger partial charge in [0.2, 0.25) is 0 Å². The minimum absolute atomic E-state index is 0.414. The Bertz CT molecular complexity index is 775. The van der Waals surface area contributed by atoms with Gasteiger partial charge >= 0.3 is 5.97 Å². The van der Waals surface area contributed by atoms with Crippen molar-refractivity contribution >= 4 is 52.1 Å². The number of rotatable bonds is 4. The van der Waals surface area contributed by atoms with Crippen molar-refractivity contribution in [2.24, 2.45) is 0 Å². The van der Waals surface area contributed by atoms with Crippen LogP contribution in [0.4, 0.5) is 5.69 Å². The molecule has 0 fully saturated rings. The van der Waals surface area contributed by atoms with Gasteiger partial charge in [0.25, 0.3) is 5.91 Å². The lowest BCUT2D eigenvalue weighted by Crippen LogP contribution is -2.29. The first-order chi connectivity index (χ1) is 11.9. The molecule has 4 nitrogen and oxygen atoms in total. The van der Waals surface area contributed by atoms with Crippen LogP contribution >= 0.6 is 34.5 Å². The number of ether oxygens (including phenoxy) is 1. The lowest BCUT2D eigenvalue weighted by Gasteiger charge is -2.13. The van der Waals surface area contributed by atoms with Crippen LogP contribution in [0.1, 0.15) is 39.9 Å². The Morgan fingerprint density at radius 2 is 1.80 bits per heavy atom. The van der Waals surface area contributed by atoms with Crippen molar-refractivity contribution in [1.82, 2.24) is 0 Å². The van der Waals surface area contributed by atoms with Crippen molar-refractivity contribution in [1.29, 1.82) is 0 Å². The van der Waals surface area contributed by atoms with E-state index < -0.39 is 18.0 Å². The summed E-state index contributed by atoms with van der Waals surface area (Å²) in [6, 6.07) is 6.62. The molecule has 1 aliphatic carbocycles. The van der Waals surface area contributed by atoms with Crippen LogP contribution in [0, 0.1) is 0 Å². The number of nitrogens with one attached hydrogen (secondary N) is 1. The van der Waals surface area contributed by atoms with Gasteiger partial charge in [-0.15, -0.1) is 11.3 Å². The first-order valence-corrected chi connectivity index (χ1v) is 9.59. The summed E-state index contributed by atoms with van der Waals surface area (Å²) in [6.45, 7) is 1.53. The van der Waals surface area contributed by atoms with Crippen molar-refractivity contribution in [3.63, 3.8) is 0 Å². The van der Waals surface area contributed by atoms with E-state index >= 15 is 0 Å². The molecule has 0 spiro atoms. The quantitative estimate of drug-likeness (QED) is 0.728. The van der Waals surface area contributed by atoms with Gasteiger partial charge in [0.15, 0.2) is 6.10 Å². The maximum atomic E-state index is 12.3. The summed E-state index contributed by atoms with van der Waals surface area (Å²) in [7, 11) is 0. The molecule has 1 aromatic carbocycles. The Labute approximate surface area is 160 Å². The van der Waals surface area contributed by atoms with E-state index in [4.69, 9.17) is 27.9 Å². The number of anilines is 1. The highest BCUT2D eigenvalue weighted by Gasteiger charge is 2.23. The van der Waals surface area contributed by atoms with Crippen molar-refractivity contribution in [3.05, 3.63) is 49.6 Å². The van der Waals surface area contributed by atoms with Gasteiger partial charge in [-0.25, -0.2) is 4.79 Å². The summed E-state index contributed by atoms with van der Waals surface area (Å²) in [5.41, 5.74) is 1.69. The fourth-order valence-electron chi connectivity index (χ4n) is 2.73. The molecule has 1 amide bonds. The molecule has 0 saturated carbocycles. The molecule has 0 aliphatic heterocycles. The Balaban J connectivity index is 1.62. The fourth-order valence-corrected chi connectivity index (χ4v) is 4.40. The lowest BCUT2D eigenvalue weighted by molar-refractivity contribution is -0.123. The molecule has 3 rings (SSSR count). The number of halogens is 2. The number of esters is 1. The number of aryl methyl sites for hydroxylation is 2. The minimum Gasteiger partial charge on any atom is -0.448 e. The number of hydrogen-bond acceptors (Lipinski definition) is 4. The second-order valence-electron chi connectivity index (χ2n) is 5.96. The summed E-state index contributed by atoms with van der Waals surface area (Å²) in [5, 5.41) is 3.47. The summed E-state index contributed by atoms with van der Waals surface area (Å²) in [4.78, 5) is 26.3. The van der Waals surface area contributed by atoms with Crippen molar-refractivity contribution < 1.29 is 14.3 Å². The average Bonchev–Trinajstić information content (AvgIpc) is 2.97. The van der Waals surface area contributed by atoms with Crippen molar-refractivity contribution in [2.45, 2.75) is 38.7 Å². The molecule has 132 valence electrons. The van der Waals surface area contributed by atoms with Crippen LogP contribution in [0.2, 0.25) is 10.0 Å². The molecule has 1 atom stereocenters. The van der Waals surface area contributed by atoms with Gasteiger partial charge in [-0.1, -0.05) is 23.2 Å². The zero-order valence-electron chi connectivity index (χ0n) is 13.6. The Morgan fingerprint density at radius 3 is 2.48 bits per heavy atom. The number of thiophene rings is 1. The van der Waals surface area contributed by atoms with E-state index in [9.17, 15) is 9.59 Å². The minimum atomic E-state index is -0.926. The van der Waals surface area contributed by atoms with Crippen LogP contribution < -0.4 is 5.32 Å². The molecule has 1 N–H and O–H groups in total. The van der Waals surface area contributed by atoms with E-state index in [1.165, 1.54) is 28.7 Å². The SMILES string of the molecule is CC(OC(=O)c1cc2c(s1)CCCC2)C(=O)Nc1cc(Cl)cc(Cl)c1. The smallest absolute Gasteiger partial charge is 0.349 e. The third kappa shape index (κ3) is 4.54. The molecule has 2 aromatic rings. The van der Waals surface area contributed by atoms with Crippen molar-refractivity contribution in [2.75, 3.05) is 5.32 Å². The Morgan fingerprint density at radius 1 is 1.12 bits per heavy atom. The molecule has 0 radical (unpaired) electrons. The highest BCUT2D eigenvalue weighted by molar-refractivity contribution is 7.14. The second kappa shape index (κ2) is 7.77. The summed E-state index contributed by atoms with van der Waals surface area (Å²) >= 11 is 13.3. The molecule has 1 unspecified atom stereocenters. The maximum Gasteiger partial charge on any atom is 0.349 e. The molecule has 1 aliphatic rings. The zero-order chi connectivity index (χ0) is 18.0. The summed E-state index contributed by atoms with van der Waals surface area (Å²) in [5.74, 6) is -0.904. The summed E-state index contributed by atoms with van der Waals surface area (Å²) in [6.07, 6.45) is 3.40. The predicted molar refractivity (Wildman–Crippen MR) is 101 cm³/mol. The third-order valence-electron chi connectivity index (χ3n) is 3.98. The molecule has 25 heavy (non-hydrogen) atoms. The lowest BCUT2D eigenvalue weighted by atomic mass is 9.99. The van der Waals surface area contributed by atoms with Crippen LogP contribution in [0.25, 0.3) is 0 Å². The van der Waals surface area contributed by atoms with Crippen LogP contribution in [0.15, 0.2) is 24.3 Å². The van der Waals surface area contributed by atoms with E-state index in [1.54, 1.807) is 18.2 Å². The van der Waals surface area contributed by atoms with E-state index in [1.807, 2.05) is 6.07 Å². The second-order valence-corrected chi connectivity index (χ2v) is 7.97. The van der Waals surface area contributed by atoms with E-state index in [0.29, 0.717) is 20.6 Å². The predicted octanol–water partition coefficient (Wildman–Crippen LogP) is 5.12. The molecular formula is C18H17Cl2NO3S. The van der Waals surface area contributed by atoms with E-state index in [0.717, 1.165) is 25.7 Å². The molecule has 7 heteroatoms. The first kappa shape index (κ1) is 18.2. The first-order valence-electron chi connectivity index (χ1n) is 8.02. The standard InChI is InChI=1S/C18H17Cl2NO3S/c1-10(17(22)21-14-8-12(19)7-13(20)9-14)24-18(23)16-6-11-4-2-3-5-15(11)25-16/h6-10H,2-5H2,1H3,(H,21,22). The molecule has 1 heterocycles. The normalized spacial score (nSPS) is 14.5. The van der Waals surface area contributed by atoms with Crippen LogP contribution in [-0.4, -0.2) is 18.0 Å². The van der Waals surface area contributed by atoms with Crippen molar-refractivity contribution in [3.8, 4) is 0 Å². The van der Waals surface area contributed by atoms with Crippen LogP contribution in [0.5, 0.6) is 0 Å². The monoisotopic (exact) mass is 397 g/mol. The number of fused-ring (bicyclic) bond motifs is 1. The van der Waals surface area contributed by atoms with Gasteiger partial charge < -0.3 is 10.1 Å². The fraction of sp³-hybridized carbons (Fsp3) is 0.333. The van der Waals surface area contributed by atoms with Gasteiger partial charge in [-0.2, -0.15) is 0 Å². The number of benzene rings is 1. The highest BCUT2D eigenvalue weighted by Crippen LogP contribution is 2.30. The van der Waals surface area contributed by atoms with Gasteiger partial charge in [0, 0.05) is 20.6 Å². The van der Waals surface area contributed by atoms with E-state index in [2.05, 4.69) is 5.32 Å². The average molecular weight is 398 g/mol. The zero-order valence-corrected chi connectivity index (χ0v) is 15.9. The largest absolute Gasteiger partial charge is 0.448 e. The van der Waals surface area contributed by atoms with Crippen LogP contribution in [0.3, 0.4) is 0 Å². The van der Waals surface area contributed by atoms with E-state index in [-0.39, 0.29) is 0 Å². The third-order valence-corrected chi connectivity index (χ3v) is 5.63.